The average molecular weight is 233 g/mol. The van der Waals surface area contributed by atoms with E-state index in [0.29, 0.717) is 4.88 Å². The van der Waals surface area contributed by atoms with E-state index in [1.807, 2.05) is 37.3 Å². The molecule has 1 aromatic carbocycles. The van der Waals surface area contributed by atoms with E-state index in [4.69, 9.17) is 5.21 Å². The Labute approximate surface area is 97.3 Å². The molecule has 2 rings (SSSR count). The molecule has 0 radical (unpaired) electrons. The molecule has 3 nitrogen and oxygen atoms in total. The summed E-state index contributed by atoms with van der Waals surface area (Å²) in [5.74, 6) is -0.469. The number of nitrogens with one attached hydrogen (secondary N) is 1. The van der Waals surface area contributed by atoms with E-state index in [1.165, 1.54) is 16.9 Å². The number of hydroxylamine groups is 1. The van der Waals surface area contributed by atoms with Crippen LogP contribution >= 0.6 is 11.3 Å². The summed E-state index contributed by atoms with van der Waals surface area (Å²) in [4.78, 5) is 12.7. The first-order valence-corrected chi connectivity index (χ1v) is 5.63. The highest BCUT2D eigenvalue weighted by atomic mass is 32.1. The third-order valence-electron chi connectivity index (χ3n) is 2.27. The fourth-order valence-electron chi connectivity index (χ4n) is 1.39. The normalized spacial score (nSPS) is 10.1. The molecule has 0 saturated heterocycles. The van der Waals surface area contributed by atoms with Crippen LogP contribution in [0.1, 0.15) is 15.2 Å². The Morgan fingerprint density at radius 2 is 1.88 bits per heavy atom. The third-order valence-corrected chi connectivity index (χ3v) is 3.40. The van der Waals surface area contributed by atoms with Crippen molar-refractivity contribution in [2.24, 2.45) is 0 Å². The number of rotatable bonds is 2. The van der Waals surface area contributed by atoms with Crippen molar-refractivity contribution in [1.82, 2.24) is 5.48 Å². The molecule has 0 spiro atoms. The summed E-state index contributed by atoms with van der Waals surface area (Å²) in [6.45, 7) is 2.03. The van der Waals surface area contributed by atoms with E-state index in [9.17, 15) is 4.79 Å². The lowest BCUT2D eigenvalue weighted by Crippen LogP contribution is -2.16. The molecule has 16 heavy (non-hydrogen) atoms. The Morgan fingerprint density at radius 3 is 2.50 bits per heavy atom. The number of thiophene rings is 1. The van der Waals surface area contributed by atoms with Gasteiger partial charge >= 0.3 is 0 Å². The fourth-order valence-corrected chi connectivity index (χ4v) is 2.29. The minimum absolute atomic E-state index is 0.469. The molecule has 0 unspecified atom stereocenters. The van der Waals surface area contributed by atoms with E-state index in [1.54, 1.807) is 11.5 Å². The van der Waals surface area contributed by atoms with E-state index in [0.717, 1.165) is 10.4 Å². The van der Waals surface area contributed by atoms with Crippen molar-refractivity contribution < 1.29 is 10.0 Å². The topological polar surface area (TPSA) is 49.3 Å². The maximum Gasteiger partial charge on any atom is 0.284 e. The van der Waals surface area contributed by atoms with Gasteiger partial charge in [0.2, 0.25) is 0 Å². The quantitative estimate of drug-likeness (QED) is 0.619. The molecule has 0 saturated carbocycles. The summed E-state index contributed by atoms with van der Waals surface area (Å²) in [7, 11) is 0. The molecule has 2 N–H and O–H groups in total. The zero-order chi connectivity index (χ0) is 11.5. The van der Waals surface area contributed by atoms with Crippen LogP contribution in [-0.4, -0.2) is 11.1 Å². The summed E-state index contributed by atoms with van der Waals surface area (Å²) in [5, 5.41) is 8.51. The van der Waals surface area contributed by atoms with E-state index >= 15 is 0 Å². The van der Waals surface area contributed by atoms with Crippen molar-refractivity contribution in [3.8, 4) is 10.4 Å². The predicted molar refractivity (Wildman–Crippen MR) is 63.7 cm³/mol. The Morgan fingerprint density at radius 1 is 1.19 bits per heavy atom. The third kappa shape index (κ3) is 2.13. The zero-order valence-corrected chi connectivity index (χ0v) is 9.54. The maximum absolute atomic E-state index is 11.2. The Balaban J connectivity index is 2.31. The molecule has 0 aliphatic rings. The summed E-state index contributed by atoms with van der Waals surface area (Å²) >= 11 is 1.35. The fraction of sp³-hybridized carbons (Fsp3) is 0.0833. The highest BCUT2D eigenvalue weighted by Gasteiger charge is 2.08. The van der Waals surface area contributed by atoms with E-state index in [-0.39, 0.29) is 0 Å². The van der Waals surface area contributed by atoms with Gasteiger partial charge in [0.15, 0.2) is 0 Å². The summed E-state index contributed by atoms with van der Waals surface area (Å²) in [6.07, 6.45) is 0. The Hall–Kier alpha value is -1.65. The van der Waals surface area contributed by atoms with Crippen molar-refractivity contribution in [2.75, 3.05) is 0 Å². The lowest BCUT2D eigenvalue weighted by atomic mass is 10.1. The minimum atomic E-state index is -0.469. The molecule has 82 valence electrons. The monoisotopic (exact) mass is 233 g/mol. The lowest BCUT2D eigenvalue weighted by molar-refractivity contribution is 0.0711. The van der Waals surface area contributed by atoms with Crippen molar-refractivity contribution in [2.45, 2.75) is 6.92 Å². The molecular formula is C12H11NO2S. The molecule has 0 atom stereocenters. The van der Waals surface area contributed by atoms with Crippen LogP contribution in [0.25, 0.3) is 10.4 Å². The number of benzene rings is 1. The van der Waals surface area contributed by atoms with Crippen LogP contribution < -0.4 is 5.48 Å². The molecule has 0 aliphatic carbocycles. The van der Waals surface area contributed by atoms with Crippen molar-refractivity contribution >= 4 is 17.2 Å². The first kappa shape index (κ1) is 10.9. The van der Waals surface area contributed by atoms with Crippen LogP contribution in [0, 0.1) is 6.92 Å². The van der Waals surface area contributed by atoms with E-state index in [2.05, 4.69) is 0 Å². The number of hydrogen-bond donors (Lipinski definition) is 2. The second-order valence-corrected chi connectivity index (χ2v) is 4.55. The molecule has 1 aromatic heterocycles. The molecule has 4 heteroatoms. The van der Waals surface area contributed by atoms with Gasteiger partial charge in [0, 0.05) is 4.88 Å². The molecule has 0 bridgehead atoms. The summed E-state index contributed by atoms with van der Waals surface area (Å²) < 4.78 is 0. The molecular weight excluding hydrogens is 222 g/mol. The van der Waals surface area contributed by atoms with Gasteiger partial charge in [0.05, 0.1) is 4.88 Å². The summed E-state index contributed by atoms with van der Waals surface area (Å²) in [6, 6.07) is 11.7. The molecule has 2 aromatic rings. The van der Waals surface area contributed by atoms with Crippen LogP contribution in [0.3, 0.4) is 0 Å². The van der Waals surface area contributed by atoms with Gasteiger partial charge in [0.25, 0.3) is 5.91 Å². The lowest BCUT2D eigenvalue weighted by Gasteiger charge is -1.97. The smallest absolute Gasteiger partial charge is 0.284 e. The van der Waals surface area contributed by atoms with Crippen LogP contribution in [0.2, 0.25) is 0 Å². The second kappa shape index (κ2) is 4.47. The highest BCUT2D eigenvalue weighted by Crippen LogP contribution is 2.28. The van der Waals surface area contributed by atoms with E-state index < -0.39 is 5.91 Å². The molecule has 1 heterocycles. The SMILES string of the molecule is Cc1ccc(-c2ccc(C(=O)NO)s2)cc1. The van der Waals surface area contributed by atoms with Crippen LogP contribution in [-0.2, 0) is 0 Å². The van der Waals surface area contributed by atoms with Crippen molar-refractivity contribution in [1.29, 1.82) is 0 Å². The van der Waals surface area contributed by atoms with Gasteiger partial charge in [-0.25, -0.2) is 5.48 Å². The Kier molecular flexibility index (Phi) is 3.03. The van der Waals surface area contributed by atoms with Crippen molar-refractivity contribution in [3.63, 3.8) is 0 Å². The van der Waals surface area contributed by atoms with Gasteiger partial charge in [-0.2, -0.15) is 0 Å². The first-order valence-electron chi connectivity index (χ1n) is 4.82. The largest absolute Gasteiger partial charge is 0.288 e. The maximum atomic E-state index is 11.2. The number of hydrogen-bond acceptors (Lipinski definition) is 3. The average Bonchev–Trinajstić information content (AvgIpc) is 2.78. The van der Waals surface area contributed by atoms with Gasteiger partial charge < -0.3 is 0 Å². The van der Waals surface area contributed by atoms with Crippen LogP contribution in [0.4, 0.5) is 0 Å². The number of aryl methyl sites for hydroxylation is 1. The molecule has 1 amide bonds. The van der Waals surface area contributed by atoms with Gasteiger partial charge in [-0.3, -0.25) is 10.0 Å². The Bertz CT molecular complexity index is 502. The second-order valence-electron chi connectivity index (χ2n) is 3.47. The zero-order valence-electron chi connectivity index (χ0n) is 8.73. The molecule has 0 aliphatic heterocycles. The van der Waals surface area contributed by atoms with Crippen molar-refractivity contribution in [3.05, 3.63) is 46.8 Å². The van der Waals surface area contributed by atoms with Crippen LogP contribution in [0.15, 0.2) is 36.4 Å². The van der Waals surface area contributed by atoms with Gasteiger partial charge in [-0.1, -0.05) is 29.8 Å². The molecule has 0 fully saturated rings. The number of carbonyl (C=O) groups is 1. The predicted octanol–water partition coefficient (Wildman–Crippen LogP) is 2.84. The summed E-state index contributed by atoms with van der Waals surface area (Å²) in [5.41, 5.74) is 3.91. The van der Waals surface area contributed by atoms with Gasteiger partial charge in [0.1, 0.15) is 0 Å². The number of amides is 1. The highest BCUT2D eigenvalue weighted by molar-refractivity contribution is 7.17. The minimum Gasteiger partial charge on any atom is -0.288 e. The van der Waals surface area contributed by atoms with Gasteiger partial charge in [-0.15, -0.1) is 11.3 Å². The standard InChI is InChI=1S/C12H11NO2S/c1-8-2-4-9(5-3-8)10-6-7-11(16-10)12(14)13-15/h2-7,15H,1H3,(H,13,14). The first-order chi connectivity index (χ1) is 7.70. The number of carbonyl (C=O) groups excluding carboxylic acids is 1. The van der Waals surface area contributed by atoms with Crippen LogP contribution in [0.5, 0.6) is 0 Å². The van der Waals surface area contributed by atoms with Gasteiger partial charge in [-0.05, 0) is 24.6 Å².